The number of carbonyl (C=O) groups excluding carboxylic acids is 1. The lowest BCUT2D eigenvalue weighted by Crippen LogP contribution is -2.37. The summed E-state index contributed by atoms with van der Waals surface area (Å²) in [5, 5.41) is 2.79. The van der Waals surface area contributed by atoms with E-state index in [2.05, 4.69) is 5.32 Å². The average molecular weight is 425 g/mol. The van der Waals surface area contributed by atoms with Crippen molar-refractivity contribution in [2.24, 2.45) is 0 Å². The fourth-order valence-electron chi connectivity index (χ4n) is 3.21. The third-order valence-corrected chi connectivity index (χ3v) is 6.42. The standard InChI is InChI=1S/C19H24N4O3S.ClH/c1-22(2)27(25,26)15-7-3-6-14(12-15)21-19(24)13-23-11-5-8-16-17(20)9-4-10-18(16)23;/h3-4,6-7,9-10,12H,5,8,11,13,20H2,1-2H3,(H,21,24);1H. The number of rotatable bonds is 5. The van der Waals surface area contributed by atoms with Crippen LogP contribution in [0.3, 0.4) is 0 Å². The van der Waals surface area contributed by atoms with Gasteiger partial charge in [-0.3, -0.25) is 4.79 Å². The zero-order valence-corrected chi connectivity index (χ0v) is 17.5. The van der Waals surface area contributed by atoms with E-state index in [9.17, 15) is 13.2 Å². The Labute approximate surface area is 172 Å². The minimum atomic E-state index is -3.55. The van der Waals surface area contributed by atoms with Crippen LogP contribution in [0.5, 0.6) is 0 Å². The number of halogens is 1. The topological polar surface area (TPSA) is 95.7 Å². The maximum Gasteiger partial charge on any atom is 0.243 e. The molecule has 1 aliphatic rings. The maximum absolute atomic E-state index is 12.5. The van der Waals surface area contributed by atoms with E-state index in [0.29, 0.717) is 5.69 Å². The third-order valence-electron chi connectivity index (χ3n) is 4.61. The third kappa shape index (κ3) is 4.57. The molecule has 1 aliphatic heterocycles. The summed E-state index contributed by atoms with van der Waals surface area (Å²) in [4.78, 5) is 14.7. The molecule has 0 bridgehead atoms. The highest BCUT2D eigenvalue weighted by Crippen LogP contribution is 2.31. The van der Waals surface area contributed by atoms with Crippen LogP contribution in [0.2, 0.25) is 0 Å². The highest BCUT2D eigenvalue weighted by molar-refractivity contribution is 7.89. The van der Waals surface area contributed by atoms with Gasteiger partial charge in [0.05, 0.1) is 11.4 Å². The molecule has 28 heavy (non-hydrogen) atoms. The van der Waals surface area contributed by atoms with Crippen molar-refractivity contribution in [3.05, 3.63) is 48.0 Å². The van der Waals surface area contributed by atoms with Crippen LogP contribution >= 0.6 is 12.4 Å². The van der Waals surface area contributed by atoms with E-state index < -0.39 is 10.0 Å². The molecule has 9 heteroatoms. The number of nitrogens with two attached hydrogens (primary N) is 1. The SMILES string of the molecule is CN(C)S(=O)(=O)c1cccc(NC(=O)CN2CCCc3c(N)cccc32)c1.Cl. The van der Waals surface area contributed by atoms with Crippen molar-refractivity contribution in [3.8, 4) is 0 Å². The number of nitrogens with zero attached hydrogens (tertiary/aromatic N) is 2. The second-order valence-corrected chi connectivity index (χ2v) is 8.89. The highest BCUT2D eigenvalue weighted by Gasteiger charge is 2.21. The fraction of sp³-hybridized carbons (Fsp3) is 0.316. The summed E-state index contributed by atoms with van der Waals surface area (Å²) in [6.45, 7) is 0.958. The number of nitrogen functional groups attached to an aromatic ring is 1. The first-order chi connectivity index (χ1) is 12.8. The Morgan fingerprint density at radius 1 is 1.21 bits per heavy atom. The van der Waals surface area contributed by atoms with Gasteiger partial charge in [-0.15, -0.1) is 12.4 Å². The smallest absolute Gasteiger partial charge is 0.243 e. The van der Waals surface area contributed by atoms with Crippen molar-refractivity contribution in [1.29, 1.82) is 0 Å². The molecule has 0 saturated heterocycles. The molecule has 0 saturated carbocycles. The Morgan fingerprint density at radius 2 is 1.93 bits per heavy atom. The summed E-state index contributed by atoms with van der Waals surface area (Å²) in [6, 6.07) is 12.0. The summed E-state index contributed by atoms with van der Waals surface area (Å²) in [6.07, 6.45) is 1.84. The van der Waals surface area contributed by atoms with Crippen molar-refractivity contribution >= 4 is 45.4 Å². The average Bonchev–Trinajstić information content (AvgIpc) is 2.62. The van der Waals surface area contributed by atoms with E-state index in [1.54, 1.807) is 12.1 Å². The van der Waals surface area contributed by atoms with Crippen LogP contribution in [-0.4, -0.2) is 45.8 Å². The number of sulfonamides is 1. The minimum Gasteiger partial charge on any atom is -0.398 e. The molecule has 152 valence electrons. The number of benzene rings is 2. The van der Waals surface area contributed by atoms with Crippen molar-refractivity contribution < 1.29 is 13.2 Å². The van der Waals surface area contributed by atoms with E-state index >= 15 is 0 Å². The van der Waals surface area contributed by atoms with Crippen LogP contribution in [-0.2, 0) is 21.2 Å². The number of anilines is 3. The number of hydrogen-bond donors (Lipinski definition) is 2. The Hall–Kier alpha value is -2.29. The van der Waals surface area contributed by atoms with Crippen molar-refractivity contribution in [1.82, 2.24) is 4.31 Å². The molecule has 2 aromatic carbocycles. The second kappa shape index (κ2) is 8.81. The maximum atomic E-state index is 12.5. The largest absolute Gasteiger partial charge is 0.398 e. The van der Waals surface area contributed by atoms with Crippen LogP contribution < -0.4 is 16.0 Å². The molecule has 0 radical (unpaired) electrons. The van der Waals surface area contributed by atoms with E-state index in [-0.39, 0.29) is 29.8 Å². The van der Waals surface area contributed by atoms with Gasteiger partial charge in [0, 0.05) is 37.7 Å². The summed E-state index contributed by atoms with van der Waals surface area (Å²) in [5.41, 5.74) is 9.32. The molecule has 0 unspecified atom stereocenters. The molecule has 1 amide bonds. The molecule has 0 fully saturated rings. The predicted molar refractivity (Wildman–Crippen MR) is 115 cm³/mol. The lowest BCUT2D eigenvalue weighted by atomic mass is 10.00. The number of carbonyl (C=O) groups is 1. The van der Waals surface area contributed by atoms with Gasteiger partial charge in [-0.1, -0.05) is 12.1 Å². The van der Waals surface area contributed by atoms with Crippen molar-refractivity contribution in [2.75, 3.05) is 43.1 Å². The molecule has 0 aliphatic carbocycles. The first kappa shape index (κ1) is 22.0. The molecule has 1 heterocycles. The lowest BCUT2D eigenvalue weighted by molar-refractivity contribution is -0.115. The summed E-state index contributed by atoms with van der Waals surface area (Å²) >= 11 is 0. The normalized spacial score (nSPS) is 13.6. The van der Waals surface area contributed by atoms with E-state index in [4.69, 9.17) is 5.73 Å². The van der Waals surface area contributed by atoms with Gasteiger partial charge < -0.3 is 16.0 Å². The predicted octanol–water partition coefficient (Wildman–Crippen LogP) is 2.33. The second-order valence-electron chi connectivity index (χ2n) is 6.73. The summed E-state index contributed by atoms with van der Waals surface area (Å²) < 4.78 is 25.6. The first-order valence-electron chi connectivity index (χ1n) is 8.74. The monoisotopic (exact) mass is 424 g/mol. The van der Waals surface area contributed by atoms with Gasteiger partial charge in [-0.05, 0) is 48.7 Å². The Kier molecular flexibility index (Phi) is 6.92. The molecule has 7 nitrogen and oxygen atoms in total. The number of nitrogens with one attached hydrogen (secondary N) is 1. The quantitative estimate of drug-likeness (QED) is 0.718. The van der Waals surface area contributed by atoms with Crippen molar-refractivity contribution in [2.45, 2.75) is 17.7 Å². The van der Waals surface area contributed by atoms with E-state index in [1.807, 2.05) is 23.1 Å². The molecule has 0 atom stereocenters. The molecule has 2 aromatic rings. The van der Waals surface area contributed by atoms with Crippen LogP contribution in [0, 0.1) is 0 Å². The molecular weight excluding hydrogens is 400 g/mol. The van der Waals surface area contributed by atoms with Crippen LogP contribution in [0.1, 0.15) is 12.0 Å². The van der Waals surface area contributed by atoms with Gasteiger partial charge in [-0.25, -0.2) is 12.7 Å². The molecule has 3 N–H and O–H groups in total. The highest BCUT2D eigenvalue weighted by atomic mass is 35.5. The fourth-order valence-corrected chi connectivity index (χ4v) is 4.16. The Balaban J connectivity index is 0.00000280. The van der Waals surface area contributed by atoms with Gasteiger partial charge in [0.15, 0.2) is 0 Å². The molecule has 0 aromatic heterocycles. The number of amides is 1. The Morgan fingerprint density at radius 3 is 2.64 bits per heavy atom. The molecule has 3 rings (SSSR count). The van der Waals surface area contributed by atoms with Gasteiger partial charge in [0.25, 0.3) is 0 Å². The van der Waals surface area contributed by atoms with E-state index in [0.717, 1.165) is 40.6 Å². The lowest BCUT2D eigenvalue weighted by Gasteiger charge is -2.31. The van der Waals surface area contributed by atoms with Crippen LogP contribution in [0.25, 0.3) is 0 Å². The zero-order valence-electron chi connectivity index (χ0n) is 15.9. The number of fused-ring (bicyclic) bond motifs is 1. The molecular formula is C19H25ClN4O3S. The van der Waals surface area contributed by atoms with Crippen LogP contribution in [0.15, 0.2) is 47.4 Å². The zero-order chi connectivity index (χ0) is 19.6. The first-order valence-corrected chi connectivity index (χ1v) is 10.2. The van der Waals surface area contributed by atoms with Gasteiger partial charge >= 0.3 is 0 Å². The van der Waals surface area contributed by atoms with Crippen LogP contribution in [0.4, 0.5) is 17.1 Å². The Bertz CT molecular complexity index is 963. The van der Waals surface area contributed by atoms with Gasteiger partial charge in [0.1, 0.15) is 0 Å². The molecule has 0 spiro atoms. The van der Waals surface area contributed by atoms with Gasteiger partial charge in [0.2, 0.25) is 15.9 Å². The summed E-state index contributed by atoms with van der Waals surface area (Å²) in [5.74, 6) is -0.204. The van der Waals surface area contributed by atoms with Crippen molar-refractivity contribution in [3.63, 3.8) is 0 Å². The van der Waals surface area contributed by atoms with Gasteiger partial charge in [-0.2, -0.15) is 0 Å². The van der Waals surface area contributed by atoms with E-state index in [1.165, 1.54) is 26.2 Å². The minimum absolute atomic E-state index is 0. The number of hydrogen-bond acceptors (Lipinski definition) is 5. The summed E-state index contributed by atoms with van der Waals surface area (Å²) in [7, 11) is -0.605.